The molecular weight excluding hydrogens is 184 g/mol. The van der Waals surface area contributed by atoms with Crippen LogP contribution in [0.15, 0.2) is 0 Å². The molecule has 2 rings (SSSR count). The lowest BCUT2D eigenvalue weighted by Gasteiger charge is -2.16. The van der Waals surface area contributed by atoms with Crippen molar-refractivity contribution >= 4 is 18.2 Å². The average Bonchev–Trinajstić information content (AvgIpc) is 2.89. The molecule has 13 heavy (non-hydrogen) atoms. The molecule has 0 bridgehead atoms. The van der Waals surface area contributed by atoms with Crippen LogP contribution < -0.4 is 4.90 Å². The topological polar surface area (TPSA) is 36.9 Å². The van der Waals surface area contributed by atoms with Gasteiger partial charge in [0.2, 0.25) is 5.95 Å². The van der Waals surface area contributed by atoms with E-state index in [1.165, 1.54) is 12.8 Å². The highest BCUT2D eigenvalue weighted by Gasteiger charge is 2.28. The third-order valence-corrected chi connectivity index (χ3v) is 2.78. The van der Waals surface area contributed by atoms with Gasteiger partial charge in [-0.25, -0.2) is 5.10 Å². The molecule has 1 aromatic heterocycles. The van der Waals surface area contributed by atoms with Crippen molar-refractivity contribution in [2.45, 2.75) is 32.4 Å². The van der Waals surface area contributed by atoms with Gasteiger partial charge in [-0.15, -0.1) is 5.10 Å². The molecule has 0 amide bonds. The van der Waals surface area contributed by atoms with Gasteiger partial charge in [0.1, 0.15) is 0 Å². The van der Waals surface area contributed by atoms with Crippen LogP contribution in [0, 0.1) is 4.77 Å². The Balaban J connectivity index is 2.32. The van der Waals surface area contributed by atoms with E-state index in [9.17, 15) is 0 Å². The molecule has 1 N–H and O–H groups in total. The van der Waals surface area contributed by atoms with Gasteiger partial charge in [-0.1, -0.05) is 0 Å². The van der Waals surface area contributed by atoms with Crippen LogP contribution in [0.4, 0.5) is 5.95 Å². The Morgan fingerprint density at radius 2 is 2.38 bits per heavy atom. The maximum atomic E-state index is 5.12. The zero-order valence-corrected chi connectivity index (χ0v) is 8.77. The molecule has 1 aliphatic rings. The number of hydrogen-bond donors (Lipinski definition) is 1. The minimum Gasteiger partial charge on any atom is -0.341 e. The van der Waals surface area contributed by atoms with E-state index in [2.05, 4.69) is 29.1 Å². The molecule has 1 fully saturated rings. The minimum absolute atomic E-state index is 0.676. The largest absolute Gasteiger partial charge is 0.341 e. The van der Waals surface area contributed by atoms with Crippen molar-refractivity contribution in [1.82, 2.24) is 14.8 Å². The fourth-order valence-electron chi connectivity index (χ4n) is 1.49. The van der Waals surface area contributed by atoms with Crippen molar-refractivity contribution in [1.29, 1.82) is 0 Å². The van der Waals surface area contributed by atoms with E-state index in [-0.39, 0.29) is 0 Å². The Labute approximate surface area is 82.6 Å². The quantitative estimate of drug-likeness (QED) is 0.749. The highest BCUT2D eigenvalue weighted by Crippen LogP contribution is 2.28. The highest BCUT2D eigenvalue weighted by atomic mass is 32.1. The van der Waals surface area contributed by atoms with Crippen molar-refractivity contribution in [3.05, 3.63) is 4.77 Å². The first-order valence-corrected chi connectivity index (χ1v) is 5.03. The van der Waals surface area contributed by atoms with Crippen LogP contribution in [0.3, 0.4) is 0 Å². The summed E-state index contributed by atoms with van der Waals surface area (Å²) in [6.07, 6.45) is 2.56. The van der Waals surface area contributed by atoms with Crippen LogP contribution in [0.25, 0.3) is 0 Å². The zero-order valence-electron chi connectivity index (χ0n) is 7.95. The summed E-state index contributed by atoms with van der Waals surface area (Å²) >= 11 is 5.12. The van der Waals surface area contributed by atoms with Gasteiger partial charge < -0.3 is 4.90 Å². The molecule has 4 nitrogen and oxygen atoms in total. The Hall–Kier alpha value is -0.840. The third kappa shape index (κ3) is 1.48. The maximum Gasteiger partial charge on any atom is 0.225 e. The van der Waals surface area contributed by atoms with Gasteiger partial charge >= 0.3 is 0 Å². The Morgan fingerprint density at radius 3 is 2.92 bits per heavy atom. The van der Waals surface area contributed by atoms with E-state index in [1.54, 1.807) is 0 Å². The first kappa shape index (κ1) is 8.74. The minimum atomic E-state index is 0.676. The lowest BCUT2D eigenvalue weighted by Crippen LogP contribution is -2.23. The zero-order chi connectivity index (χ0) is 9.42. The van der Waals surface area contributed by atoms with Crippen LogP contribution >= 0.6 is 12.2 Å². The molecule has 0 spiro atoms. The number of aromatic nitrogens is 3. The number of hydrogen-bond acceptors (Lipinski definition) is 3. The van der Waals surface area contributed by atoms with E-state index in [4.69, 9.17) is 12.2 Å². The first-order chi connectivity index (χ1) is 6.24. The monoisotopic (exact) mass is 198 g/mol. The summed E-state index contributed by atoms with van der Waals surface area (Å²) in [6.45, 7) is 2.96. The summed E-state index contributed by atoms with van der Waals surface area (Å²) in [5.74, 6) is 0.968. The molecule has 1 aliphatic carbocycles. The van der Waals surface area contributed by atoms with Gasteiger partial charge in [0.25, 0.3) is 0 Å². The predicted molar refractivity (Wildman–Crippen MR) is 54.5 cm³/mol. The number of anilines is 1. The summed E-state index contributed by atoms with van der Waals surface area (Å²) in [7, 11) is 2.08. The number of aromatic amines is 1. The lowest BCUT2D eigenvalue weighted by atomic mass is 10.6. The second-order valence-corrected chi connectivity index (χ2v) is 3.80. The van der Waals surface area contributed by atoms with Gasteiger partial charge in [0, 0.05) is 19.6 Å². The molecule has 1 saturated carbocycles. The van der Waals surface area contributed by atoms with E-state index < -0.39 is 0 Å². The SMILES string of the molecule is CCn1c(N(C)C2CC2)n[nH]c1=S. The second-order valence-electron chi connectivity index (χ2n) is 3.42. The first-order valence-electron chi connectivity index (χ1n) is 4.62. The van der Waals surface area contributed by atoms with Gasteiger partial charge in [0.15, 0.2) is 4.77 Å². The number of rotatable bonds is 3. The van der Waals surface area contributed by atoms with Gasteiger partial charge in [-0.3, -0.25) is 4.57 Å². The molecule has 0 unspecified atom stereocenters. The van der Waals surface area contributed by atoms with Crippen LogP contribution in [-0.2, 0) is 6.54 Å². The second kappa shape index (κ2) is 3.14. The Bertz CT molecular complexity index is 349. The molecule has 1 heterocycles. The van der Waals surface area contributed by atoms with Crippen molar-refractivity contribution in [3.8, 4) is 0 Å². The van der Waals surface area contributed by atoms with Crippen molar-refractivity contribution in [2.75, 3.05) is 11.9 Å². The van der Waals surface area contributed by atoms with Gasteiger partial charge in [-0.05, 0) is 32.0 Å². The average molecular weight is 198 g/mol. The maximum absolute atomic E-state index is 5.12. The van der Waals surface area contributed by atoms with Crippen LogP contribution in [0.2, 0.25) is 0 Å². The van der Waals surface area contributed by atoms with E-state index >= 15 is 0 Å². The van der Waals surface area contributed by atoms with Gasteiger partial charge in [0.05, 0.1) is 0 Å². The van der Waals surface area contributed by atoms with Crippen LogP contribution in [0.5, 0.6) is 0 Å². The van der Waals surface area contributed by atoms with Crippen molar-refractivity contribution in [2.24, 2.45) is 0 Å². The molecule has 0 saturated heterocycles. The fourth-order valence-corrected chi connectivity index (χ4v) is 1.75. The summed E-state index contributed by atoms with van der Waals surface area (Å²) in [4.78, 5) is 2.20. The van der Waals surface area contributed by atoms with E-state index in [1.807, 2.05) is 4.57 Å². The molecule has 72 valence electrons. The molecule has 0 radical (unpaired) electrons. The lowest BCUT2D eigenvalue weighted by molar-refractivity contribution is 0.715. The summed E-state index contributed by atoms with van der Waals surface area (Å²) in [5, 5.41) is 7.05. The number of H-pyrrole nitrogens is 1. The molecule has 0 aromatic carbocycles. The highest BCUT2D eigenvalue weighted by molar-refractivity contribution is 7.71. The molecule has 0 atom stereocenters. The normalized spacial score (nSPS) is 16.2. The third-order valence-electron chi connectivity index (χ3n) is 2.46. The molecule has 5 heteroatoms. The van der Waals surface area contributed by atoms with Gasteiger partial charge in [-0.2, -0.15) is 0 Å². The standard InChI is InChI=1S/C8H14N4S/c1-3-12-7(9-10-8(12)13)11(2)6-4-5-6/h6H,3-5H2,1-2H3,(H,10,13). The molecule has 0 aliphatic heterocycles. The Kier molecular flexibility index (Phi) is 2.11. The predicted octanol–water partition coefficient (Wildman–Crippen LogP) is 1.56. The number of nitrogens with zero attached hydrogens (tertiary/aromatic N) is 3. The van der Waals surface area contributed by atoms with Crippen LogP contribution in [0.1, 0.15) is 19.8 Å². The molecular formula is C8H14N4S. The Morgan fingerprint density at radius 1 is 1.69 bits per heavy atom. The summed E-state index contributed by atoms with van der Waals surface area (Å²) < 4.78 is 2.73. The van der Waals surface area contributed by atoms with Crippen molar-refractivity contribution < 1.29 is 0 Å². The van der Waals surface area contributed by atoms with E-state index in [0.717, 1.165) is 12.5 Å². The molecule has 1 aromatic rings. The number of nitrogens with one attached hydrogen (secondary N) is 1. The smallest absolute Gasteiger partial charge is 0.225 e. The summed E-state index contributed by atoms with van der Waals surface area (Å²) in [6, 6.07) is 0.676. The van der Waals surface area contributed by atoms with Crippen molar-refractivity contribution in [3.63, 3.8) is 0 Å². The van der Waals surface area contributed by atoms with E-state index in [0.29, 0.717) is 10.8 Å². The fraction of sp³-hybridized carbons (Fsp3) is 0.750. The van der Waals surface area contributed by atoms with Crippen LogP contribution in [-0.4, -0.2) is 27.9 Å². The summed E-state index contributed by atoms with van der Waals surface area (Å²) in [5.41, 5.74) is 0.